The summed E-state index contributed by atoms with van der Waals surface area (Å²) in [4.78, 5) is 19.9. The minimum atomic E-state index is -0.164. The topological polar surface area (TPSA) is 87.6 Å². The van der Waals surface area contributed by atoms with Gasteiger partial charge in [0, 0.05) is 19.8 Å². The third kappa shape index (κ3) is 7.34. The first kappa shape index (κ1) is 18.3. The lowest BCUT2D eigenvalue weighted by Crippen LogP contribution is -2.41. The van der Waals surface area contributed by atoms with E-state index in [1.165, 1.54) is 0 Å². The molecule has 0 atom stereocenters. The molecule has 132 valence electrons. The number of carbonyl (C=O) groups excluding carboxylic acids is 1. The predicted molar refractivity (Wildman–Crippen MR) is 98.8 cm³/mol. The number of hydrogen-bond acceptors (Lipinski definition) is 4. The third-order valence-electron chi connectivity index (χ3n) is 3.21. The number of ether oxygens (including phenoxy) is 1. The molecule has 0 aliphatic rings. The summed E-state index contributed by atoms with van der Waals surface area (Å²) in [6.45, 7) is 1.42. The highest BCUT2D eigenvalue weighted by molar-refractivity contribution is 5.94. The lowest BCUT2D eigenvalue weighted by molar-refractivity contribution is -0.115. The maximum absolute atomic E-state index is 11.9. The summed E-state index contributed by atoms with van der Waals surface area (Å²) in [5.41, 5.74) is 0.662. The molecule has 0 bridgehead atoms. The number of guanidine groups is 1. The summed E-state index contributed by atoms with van der Waals surface area (Å²) in [7, 11) is 1.66. The van der Waals surface area contributed by atoms with E-state index in [9.17, 15) is 4.79 Å². The van der Waals surface area contributed by atoms with Gasteiger partial charge in [0.2, 0.25) is 5.91 Å². The van der Waals surface area contributed by atoms with Gasteiger partial charge in [-0.05, 0) is 30.7 Å². The first-order chi connectivity index (χ1) is 12.3. The fourth-order valence-electron chi connectivity index (χ4n) is 2.01. The molecule has 0 fully saturated rings. The summed E-state index contributed by atoms with van der Waals surface area (Å²) in [6, 6.07) is 13.2. The van der Waals surface area contributed by atoms with E-state index in [4.69, 9.17) is 4.74 Å². The molecule has 25 heavy (non-hydrogen) atoms. The summed E-state index contributed by atoms with van der Waals surface area (Å²) in [6.07, 6.45) is 4.07. The first-order valence-corrected chi connectivity index (χ1v) is 8.10. The molecule has 1 aromatic heterocycles. The van der Waals surface area contributed by atoms with Gasteiger partial charge in [-0.25, -0.2) is 0 Å². The number of carbonyl (C=O) groups is 1. The van der Waals surface area contributed by atoms with Crippen LogP contribution in [-0.4, -0.2) is 43.6 Å². The normalized spacial score (nSPS) is 10.8. The van der Waals surface area contributed by atoms with Crippen LogP contribution in [0.3, 0.4) is 0 Å². The second kappa shape index (κ2) is 10.6. The molecule has 7 heteroatoms. The SMILES string of the molecule is CN=C(NCCCOc1ccccc1)NCC(=O)Nc1cccnc1. The Morgan fingerprint density at radius 1 is 1.16 bits per heavy atom. The number of rotatable bonds is 8. The number of nitrogens with zero attached hydrogens (tertiary/aromatic N) is 2. The van der Waals surface area contributed by atoms with E-state index in [0.29, 0.717) is 24.8 Å². The maximum atomic E-state index is 11.9. The van der Waals surface area contributed by atoms with Gasteiger partial charge in [-0.3, -0.25) is 14.8 Å². The second-order valence-corrected chi connectivity index (χ2v) is 5.16. The van der Waals surface area contributed by atoms with Crippen molar-refractivity contribution in [2.75, 3.05) is 32.1 Å². The van der Waals surface area contributed by atoms with Crippen LogP contribution in [0.25, 0.3) is 0 Å². The van der Waals surface area contributed by atoms with Crippen LogP contribution in [0, 0.1) is 0 Å². The lowest BCUT2D eigenvalue weighted by atomic mass is 10.3. The fraction of sp³-hybridized carbons (Fsp3) is 0.278. The molecule has 0 saturated carbocycles. The van der Waals surface area contributed by atoms with Crippen molar-refractivity contribution in [2.24, 2.45) is 4.99 Å². The average molecular weight is 341 g/mol. The van der Waals surface area contributed by atoms with E-state index in [1.54, 1.807) is 31.6 Å². The van der Waals surface area contributed by atoms with Gasteiger partial charge in [-0.1, -0.05) is 18.2 Å². The van der Waals surface area contributed by atoms with E-state index < -0.39 is 0 Å². The Labute approximate surface area is 147 Å². The average Bonchev–Trinajstić information content (AvgIpc) is 2.65. The molecule has 0 saturated heterocycles. The van der Waals surface area contributed by atoms with Crippen molar-refractivity contribution in [3.8, 4) is 5.75 Å². The number of aliphatic imine (C=N–C) groups is 1. The molecule has 1 heterocycles. The number of hydrogen-bond donors (Lipinski definition) is 3. The van der Waals surface area contributed by atoms with Gasteiger partial charge >= 0.3 is 0 Å². The molecule has 0 spiro atoms. The van der Waals surface area contributed by atoms with Crippen molar-refractivity contribution in [1.82, 2.24) is 15.6 Å². The Bertz CT molecular complexity index is 662. The van der Waals surface area contributed by atoms with Crippen LogP contribution in [0.4, 0.5) is 5.69 Å². The Morgan fingerprint density at radius 2 is 2.00 bits per heavy atom. The maximum Gasteiger partial charge on any atom is 0.243 e. The number of amides is 1. The highest BCUT2D eigenvalue weighted by Crippen LogP contribution is 2.08. The molecular weight excluding hydrogens is 318 g/mol. The van der Waals surface area contributed by atoms with Gasteiger partial charge in [-0.2, -0.15) is 0 Å². The van der Waals surface area contributed by atoms with Crippen LogP contribution in [0.5, 0.6) is 5.75 Å². The van der Waals surface area contributed by atoms with Crippen molar-refractivity contribution in [2.45, 2.75) is 6.42 Å². The Balaban J connectivity index is 1.59. The summed E-state index contributed by atoms with van der Waals surface area (Å²) >= 11 is 0. The van der Waals surface area contributed by atoms with Crippen molar-refractivity contribution in [3.63, 3.8) is 0 Å². The van der Waals surface area contributed by atoms with Crippen LogP contribution < -0.4 is 20.7 Å². The quantitative estimate of drug-likeness (QED) is 0.386. The van der Waals surface area contributed by atoms with Crippen LogP contribution in [0.2, 0.25) is 0 Å². The van der Waals surface area contributed by atoms with Gasteiger partial charge in [0.15, 0.2) is 5.96 Å². The van der Waals surface area contributed by atoms with Gasteiger partial charge < -0.3 is 20.7 Å². The van der Waals surface area contributed by atoms with E-state index in [0.717, 1.165) is 12.2 Å². The predicted octanol–water partition coefficient (Wildman–Crippen LogP) is 1.65. The van der Waals surface area contributed by atoms with Crippen LogP contribution in [0.1, 0.15) is 6.42 Å². The first-order valence-electron chi connectivity index (χ1n) is 8.10. The number of nitrogens with one attached hydrogen (secondary N) is 3. The molecule has 7 nitrogen and oxygen atoms in total. The molecular formula is C18H23N5O2. The van der Waals surface area contributed by atoms with E-state index >= 15 is 0 Å². The Hall–Kier alpha value is -3.09. The van der Waals surface area contributed by atoms with Crippen molar-refractivity contribution >= 4 is 17.6 Å². The molecule has 1 aromatic carbocycles. The number of aromatic nitrogens is 1. The lowest BCUT2D eigenvalue weighted by Gasteiger charge is -2.12. The minimum absolute atomic E-state index is 0.120. The van der Waals surface area contributed by atoms with Crippen molar-refractivity contribution in [3.05, 3.63) is 54.9 Å². The molecule has 2 aromatic rings. The molecule has 0 unspecified atom stereocenters. The van der Waals surface area contributed by atoms with E-state index in [-0.39, 0.29) is 12.5 Å². The summed E-state index contributed by atoms with van der Waals surface area (Å²) in [5, 5.41) is 8.85. The molecule has 0 radical (unpaired) electrons. The summed E-state index contributed by atoms with van der Waals surface area (Å²) < 4.78 is 5.62. The number of benzene rings is 1. The number of para-hydroxylation sites is 1. The highest BCUT2D eigenvalue weighted by atomic mass is 16.5. The van der Waals surface area contributed by atoms with E-state index in [1.807, 2.05) is 30.3 Å². The number of anilines is 1. The van der Waals surface area contributed by atoms with Crippen molar-refractivity contribution < 1.29 is 9.53 Å². The van der Waals surface area contributed by atoms with Gasteiger partial charge in [-0.15, -0.1) is 0 Å². The minimum Gasteiger partial charge on any atom is -0.494 e. The van der Waals surface area contributed by atoms with Gasteiger partial charge in [0.1, 0.15) is 5.75 Å². The van der Waals surface area contributed by atoms with E-state index in [2.05, 4.69) is 25.9 Å². The zero-order chi connectivity index (χ0) is 17.7. The van der Waals surface area contributed by atoms with Crippen LogP contribution in [0.15, 0.2) is 59.9 Å². The van der Waals surface area contributed by atoms with Crippen LogP contribution >= 0.6 is 0 Å². The zero-order valence-corrected chi connectivity index (χ0v) is 14.2. The smallest absolute Gasteiger partial charge is 0.243 e. The van der Waals surface area contributed by atoms with Gasteiger partial charge in [0.25, 0.3) is 0 Å². The Kier molecular flexibility index (Phi) is 7.77. The number of pyridine rings is 1. The third-order valence-corrected chi connectivity index (χ3v) is 3.21. The molecule has 0 aliphatic carbocycles. The second-order valence-electron chi connectivity index (χ2n) is 5.16. The molecule has 0 aliphatic heterocycles. The molecule has 2 rings (SSSR count). The monoisotopic (exact) mass is 341 g/mol. The summed E-state index contributed by atoms with van der Waals surface area (Å²) in [5.74, 6) is 1.27. The van der Waals surface area contributed by atoms with Crippen molar-refractivity contribution in [1.29, 1.82) is 0 Å². The molecule has 3 N–H and O–H groups in total. The Morgan fingerprint density at radius 3 is 2.72 bits per heavy atom. The fourth-order valence-corrected chi connectivity index (χ4v) is 2.01. The zero-order valence-electron chi connectivity index (χ0n) is 14.2. The van der Waals surface area contributed by atoms with Crippen LogP contribution in [-0.2, 0) is 4.79 Å². The standard InChI is InChI=1S/C18H23N5O2/c1-19-18(21-11-6-12-25-16-8-3-2-4-9-16)22-14-17(24)23-15-7-5-10-20-13-15/h2-5,7-10,13H,6,11-12,14H2,1H3,(H,23,24)(H2,19,21,22). The largest absolute Gasteiger partial charge is 0.494 e. The molecule has 1 amide bonds. The van der Waals surface area contributed by atoms with Gasteiger partial charge in [0.05, 0.1) is 25.0 Å². The highest BCUT2D eigenvalue weighted by Gasteiger charge is 2.04.